The van der Waals surface area contributed by atoms with Gasteiger partial charge in [0, 0.05) is 32.2 Å². The summed E-state index contributed by atoms with van der Waals surface area (Å²) >= 11 is 0. The lowest BCUT2D eigenvalue weighted by atomic mass is 10.3. The summed E-state index contributed by atoms with van der Waals surface area (Å²) in [7, 11) is 0. The molecule has 2 aromatic heterocycles. The summed E-state index contributed by atoms with van der Waals surface area (Å²) in [6.45, 7) is 5.71. The number of pyridine rings is 1. The molecule has 2 aromatic rings. The van der Waals surface area contributed by atoms with E-state index in [1.165, 1.54) is 6.42 Å². The second-order valence-electron chi connectivity index (χ2n) is 4.69. The lowest BCUT2D eigenvalue weighted by Gasteiger charge is -2.04. The topological polar surface area (TPSA) is 38.6 Å². The number of nitrogens with zero attached hydrogens (tertiary/aromatic N) is 2. The number of hydrogen-bond donors (Lipinski definition) is 1. The van der Waals surface area contributed by atoms with Crippen LogP contribution in [0.25, 0.3) is 5.65 Å². The van der Waals surface area contributed by atoms with Gasteiger partial charge in [-0.25, -0.2) is 4.98 Å². The minimum Gasteiger partial charge on any atom is -0.381 e. The Labute approximate surface area is 114 Å². The van der Waals surface area contributed by atoms with Gasteiger partial charge in [-0.15, -0.1) is 0 Å². The van der Waals surface area contributed by atoms with Crippen molar-refractivity contribution in [3.8, 4) is 0 Å². The Morgan fingerprint density at radius 3 is 3.00 bits per heavy atom. The van der Waals surface area contributed by atoms with Crippen LogP contribution in [-0.4, -0.2) is 29.1 Å². The average molecular weight is 261 g/mol. The van der Waals surface area contributed by atoms with Crippen LogP contribution in [0.1, 0.15) is 31.9 Å². The SMILES string of the molecule is CCCCOCCCNCc1cn2ccccc2n1. The van der Waals surface area contributed by atoms with Gasteiger partial charge in [0.25, 0.3) is 0 Å². The van der Waals surface area contributed by atoms with Gasteiger partial charge in [-0.1, -0.05) is 19.4 Å². The van der Waals surface area contributed by atoms with Crippen molar-refractivity contribution in [2.24, 2.45) is 0 Å². The summed E-state index contributed by atoms with van der Waals surface area (Å²) in [4.78, 5) is 4.54. The van der Waals surface area contributed by atoms with Crippen LogP contribution in [0.4, 0.5) is 0 Å². The summed E-state index contributed by atoms with van der Waals surface area (Å²) < 4.78 is 7.56. The molecule has 0 fully saturated rings. The summed E-state index contributed by atoms with van der Waals surface area (Å²) in [6.07, 6.45) is 7.51. The highest BCUT2D eigenvalue weighted by Crippen LogP contribution is 2.03. The fraction of sp³-hybridized carbons (Fsp3) is 0.533. The number of unbranched alkanes of at least 4 members (excludes halogenated alkanes) is 1. The van der Waals surface area contributed by atoms with E-state index in [0.717, 1.165) is 50.5 Å². The highest BCUT2D eigenvalue weighted by atomic mass is 16.5. The van der Waals surface area contributed by atoms with Crippen molar-refractivity contribution in [3.05, 3.63) is 36.3 Å². The van der Waals surface area contributed by atoms with E-state index in [9.17, 15) is 0 Å². The lowest BCUT2D eigenvalue weighted by molar-refractivity contribution is 0.128. The molecule has 2 rings (SSSR count). The first-order valence-electron chi connectivity index (χ1n) is 7.11. The summed E-state index contributed by atoms with van der Waals surface area (Å²) in [5, 5.41) is 3.40. The Bertz CT molecular complexity index is 448. The molecule has 0 unspecified atom stereocenters. The number of rotatable bonds is 9. The highest BCUT2D eigenvalue weighted by Gasteiger charge is 1.99. The van der Waals surface area contributed by atoms with E-state index in [2.05, 4.69) is 23.4 Å². The van der Waals surface area contributed by atoms with Crippen LogP contribution in [0.2, 0.25) is 0 Å². The normalized spacial score (nSPS) is 11.2. The molecule has 0 bridgehead atoms. The van der Waals surface area contributed by atoms with Gasteiger partial charge in [-0.05, 0) is 31.5 Å². The number of ether oxygens (including phenoxy) is 1. The number of nitrogens with one attached hydrogen (secondary N) is 1. The fourth-order valence-corrected chi connectivity index (χ4v) is 1.94. The van der Waals surface area contributed by atoms with Crippen molar-refractivity contribution in [2.75, 3.05) is 19.8 Å². The molecule has 0 atom stereocenters. The van der Waals surface area contributed by atoms with Crippen molar-refractivity contribution in [3.63, 3.8) is 0 Å². The van der Waals surface area contributed by atoms with Crippen molar-refractivity contribution in [1.29, 1.82) is 0 Å². The Balaban J connectivity index is 1.60. The van der Waals surface area contributed by atoms with Crippen LogP contribution < -0.4 is 5.32 Å². The molecule has 4 nitrogen and oxygen atoms in total. The van der Waals surface area contributed by atoms with Crippen LogP contribution in [0.15, 0.2) is 30.6 Å². The molecule has 0 aliphatic rings. The van der Waals surface area contributed by atoms with Gasteiger partial charge in [-0.2, -0.15) is 0 Å². The summed E-state index contributed by atoms with van der Waals surface area (Å²) in [5.74, 6) is 0. The standard InChI is InChI=1S/C15H23N3O/c1-2-3-10-19-11-6-8-16-12-14-13-18-9-5-4-7-15(18)17-14/h4-5,7,9,13,16H,2-3,6,8,10-12H2,1H3. The Hall–Kier alpha value is -1.39. The Morgan fingerprint density at radius 2 is 2.16 bits per heavy atom. The fourth-order valence-electron chi connectivity index (χ4n) is 1.94. The smallest absolute Gasteiger partial charge is 0.137 e. The van der Waals surface area contributed by atoms with E-state index >= 15 is 0 Å². The predicted molar refractivity (Wildman–Crippen MR) is 77.2 cm³/mol. The van der Waals surface area contributed by atoms with Crippen molar-refractivity contribution >= 4 is 5.65 Å². The van der Waals surface area contributed by atoms with Crippen LogP contribution in [0.3, 0.4) is 0 Å². The van der Waals surface area contributed by atoms with E-state index in [-0.39, 0.29) is 0 Å². The Kier molecular flexibility index (Phi) is 5.85. The molecule has 0 spiro atoms. The molecule has 19 heavy (non-hydrogen) atoms. The third kappa shape index (κ3) is 4.65. The minimum atomic E-state index is 0.816. The van der Waals surface area contributed by atoms with E-state index in [1.54, 1.807) is 0 Å². The third-order valence-corrected chi connectivity index (χ3v) is 3.00. The lowest BCUT2D eigenvalue weighted by Crippen LogP contribution is -2.16. The molecular formula is C15H23N3O. The molecule has 0 aliphatic carbocycles. The number of fused-ring (bicyclic) bond motifs is 1. The quantitative estimate of drug-likeness (QED) is 0.705. The van der Waals surface area contributed by atoms with E-state index < -0.39 is 0 Å². The number of hydrogen-bond acceptors (Lipinski definition) is 3. The highest BCUT2D eigenvalue weighted by molar-refractivity contribution is 5.39. The first-order valence-corrected chi connectivity index (χ1v) is 7.11. The van der Waals surface area contributed by atoms with E-state index in [1.807, 2.05) is 28.8 Å². The maximum absolute atomic E-state index is 5.51. The minimum absolute atomic E-state index is 0.816. The molecule has 104 valence electrons. The predicted octanol–water partition coefficient (Wildman–Crippen LogP) is 2.63. The maximum Gasteiger partial charge on any atom is 0.137 e. The van der Waals surface area contributed by atoms with Gasteiger partial charge in [-0.3, -0.25) is 0 Å². The van der Waals surface area contributed by atoms with E-state index in [4.69, 9.17) is 4.74 Å². The van der Waals surface area contributed by atoms with Gasteiger partial charge in [0.2, 0.25) is 0 Å². The zero-order valence-corrected chi connectivity index (χ0v) is 11.6. The third-order valence-electron chi connectivity index (χ3n) is 3.00. The van der Waals surface area contributed by atoms with Crippen molar-refractivity contribution in [1.82, 2.24) is 14.7 Å². The van der Waals surface area contributed by atoms with Crippen LogP contribution >= 0.6 is 0 Å². The van der Waals surface area contributed by atoms with Crippen molar-refractivity contribution < 1.29 is 4.74 Å². The molecule has 0 aromatic carbocycles. The van der Waals surface area contributed by atoms with Crippen LogP contribution in [-0.2, 0) is 11.3 Å². The largest absolute Gasteiger partial charge is 0.381 e. The van der Waals surface area contributed by atoms with Crippen LogP contribution in [0.5, 0.6) is 0 Å². The monoisotopic (exact) mass is 261 g/mol. The van der Waals surface area contributed by atoms with Gasteiger partial charge >= 0.3 is 0 Å². The molecule has 0 amide bonds. The van der Waals surface area contributed by atoms with Gasteiger partial charge in [0.1, 0.15) is 5.65 Å². The van der Waals surface area contributed by atoms with Gasteiger partial charge in [0.15, 0.2) is 0 Å². The zero-order valence-electron chi connectivity index (χ0n) is 11.6. The van der Waals surface area contributed by atoms with Crippen molar-refractivity contribution in [2.45, 2.75) is 32.7 Å². The number of aromatic nitrogens is 2. The zero-order chi connectivity index (χ0) is 13.3. The molecular weight excluding hydrogens is 238 g/mol. The first kappa shape index (κ1) is 14.0. The summed E-state index contributed by atoms with van der Waals surface area (Å²) in [6, 6.07) is 6.04. The second kappa shape index (κ2) is 7.92. The maximum atomic E-state index is 5.51. The second-order valence-corrected chi connectivity index (χ2v) is 4.69. The summed E-state index contributed by atoms with van der Waals surface area (Å²) in [5.41, 5.74) is 2.08. The molecule has 0 radical (unpaired) electrons. The number of imidazole rings is 1. The molecule has 0 saturated heterocycles. The molecule has 0 saturated carbocycles. The Morgan fingerprint density at radius 1 is 1.26 bits per heavy atom. The molecule has 1 N–H and O–H groups in total. The van der Waals surface area contributed by atoms with Crippen LogP contribution in [0, 0.1) is 0 Å². The first-order chi connectivity index (χ1) is 9.40. The van der Waals surface area contributed by atoms with Gasteiger partial charge < -0.3 is 14.5 Å². The molecule has 0 aliphatic heterocycles. The van der Waals surface area contributed by atoms with E-state index in [0.29, 0.717) is 0 Å². The molecule has 4 heteroatoms. The molecule has 2 heterocycles. The van der Waals surface area contributed by atoms with Gasteiger partial charge in [0.05, 0.1) is 5.69 Å². The average Bonchev–Trinajstić information content (AvgIpc) is 2.84.